The Bertz CT molecular complexity index is 449. The lowest BCUT2D eigenvalue weighted by molar-refractivity contribution is -0.126. The van der Waals surface area contributed by atoms with Crippen molar-refractivity contribution in [3.8, 4) is 11.5 Å². The molecular weight excluding hydrogens is 268 g/mol. The van der Waals surface area contributed by atoms with Crippen molar-refractivity contribution in [1.29, 1.82) is 0 Å². The van der Waals surface area contributed by atoms with Crippen LogP contribution in [0.4, 0.5) is 0 Å². The molecule has 1 aromatic carbocycles. The molecule has 118 valence electrons. The van der Waals surface area contributed by atoms with Crippen molar-refractivity contribution in [3.63, 3.8) is 0 Å². The van der Waals surface area contributed by atoms with E-state index in [9.17, 15) is 4.79 Å². The standard InChI is InChI=1S/C16H26N2O3/c1-5-10-18-11-13-8-7-9-14(20-6-2)15(13)21-12(3)16(19)17-4/h7-9,12,18H,5-6,10-11H2,1-4H3,(H,17,19). The first kappa shape index (κ1) is 17.3. The Morgan fingerprint density at radius 2 is 2.10 bits per heavy atom. The molecule has 0 fully saturated rings. The van der Waals surface area contributed by atoms with E-state index < -0.39 is 6.10 Å². The van der Waals surface area contributed by atoms with Crippen LogP contribution in [0.5, 0.6) is 11.5 Å². The highest BCUT2D eigenvalue weighted by Crippen LogP contribution is 2.32. The van der Waals surface area contributed by atoms with E-state index in [1.807, 2.05) is 25.1 Å². The molecule has 0 saturated carbocycles. The summed E-state index contributed by atoms with van der Waals surface area (Å²) in [6.07, 6.45) is 0.497. The van der Waals surface area contributed by atoms with E-state index in [2.05, 4.69) is 17.6 Å². The molecule has 0 spiro atoms. The quantitative estimate of drug-likeness (QED) is 0.685. The molecule has 0 aliphatic carbocycles. The van der Waals surface area contributed by atoms with Gasteiger partial charge in [-0.05, 0) is 32.9 Å². The number of amides is 1. The summed E-state index contributed by atoms with van der Waals surface area (Å²) in [5.41, 5.74) is 0.991. The van der Waals surface area contributed by atoms with Gasteiger partial charge in [0.25, 0.3) is 5.91 Å². The molecule has 0 aliphatic heterocycles. The molecule has 0 aliphatic rings. The number of likely N-dealkylation sites (N-methyl/N-ethyl adjacent to an activating group) is 1. The Balaban J connectivity index is 2.95. The molecule has 2 N–H and O–H groups in total. The Morgan fingerprint density at radius 1 is 1.33 bits per heavy atom. The second-order valence-corrected chi connectivity index (χ2v) is 4.73. The molecule has 0 aromatic heterocycles. The third kappa shape index (κ3) is 5.27. The van der Waals surface area contributed by atoms with Crippen LogP contribution in [0.1, 0.15) is 32.8 Å². The number of ether oxygens (including phenoxy) is 2. The third-order valence-electron chi connectivity index (χ3n) is 3.01. The number of hydrogen-bond acceptors (Lipinski definition) is 4. The minimum absolute atomic E-state index is 0.159. The van der Waals surface area contributed by atoms with Gasteiger partial charge in [0.15, 0.2) is 17.6 Å². The van der Waals surface area contributed by atoms with Crippen LogP contribution >= 0.6 is 0 Å². The Morgan fingerprint density at radius 3 is 2.71 bits per heavy atom. The number of benzene rings is 1. The highest BCUT2D eigenvalue weighted by Gasteiger charge is 2.18. The van der Waals surface area contributed by atoms with Gasteiger partial charge >= 0.3 is 0 Å². The van der Waals surface area contributed by atoms with Gasteiger partial charge in [-0.3, -0.25) is 4.79 Å². The van der Waals surface area contributed by atoms with Gasteiger partial charge in [0.1, 0.15) is 0 Å². The smallest absolute Gasteiger partial charge is 0.260 e. The van der Waals surface area contributed by atoms with E-state index in [1.165, 1.54) is 0 Å². The summed E-state index contributed by atoms with van der Waals surface area (Å²) in [7, 11) is 1.60. The predicted molar refractivity (Wildman–Crippen MR) is 83.8 cm³/mol. The number of carbonyl (C=O) groups is 1. The Hall–Kier alpha value is -1.75. The fourth-order valence-corrected chi connectivity index (χ4v) is 1.94. The summed E-state index contributed by atoms with van der Waals surface area (Å²) in [6, 6.07) is 5.78. The Kier molecular flexibility index (Phi) is 7.61. The van der Waals surface area contributed by atoms with Crippen LogP contribution in [0.3, 0.4) is 0 Å². The van der Waals surface area contributed by atoms with Gasteiger partial charge in [-0.25, -0.2) is 0 Å². The Labute approximate surface area is 127 Å². The largest absolute Gasteiger partial charge is 0.490 e. The van der Waals surface area contributed by atoms with Crippen LogP contribution in [0.25, 0.3) is 0 Å². The van der Waals surface area contributed by atoms with E-state index in [4.69, 9.17) is 9.47 Å². The molecule has 1 aromatic rings. The maximum atomic E-state index is 11.7. The SMILES string of the molecule is CCCNCc1cccc(OCC)c1OC(C)C(=O)NC. The second-order valence-electron chi connectivity index (χ2n) is 4.73. The van der Waals surface area contributed by atoms with E-state index in [1.54, 1.807) is 14.0 Å². The van der Waals surface area contributed by atoms with Crippen molar-refractivity contribution in [3.05, 3.63) is 23.8 Å². The van der Waals surface area contributed by atoms with Crippen LogP contribution in [-0.2, 0) is 11.3 Å². The first-order valence-corrected chi connectivity index (χ1v) is 7.47. The molecule has 0 saturated heterocycles. The summed E-state index contributed by atoms with van der Waals surface area (Å²) in [6.45, 7) is 7.94. The number of nitrogens with one attached hydrogen (secondary N) is 2. The van der Waals surface area contributed by atoms with E-state index in [0.29, 0.717) is 24.7 Å². The minimum Gasteiger partial charge on any atom is -0.490 e. The first-order valence-electron chi connectivity index (χ1n) is 7.47. The molecule has 21 heavy (non-hydrogen) atoms. The van der Waals surface area contributed by atoms with Crippen LogP contribution in [-0.4, -0.2) is 32.2 Å². The summed E-state index contributed by atoms with van der Waals surface area (Å²) < 4.78 is 11.4. The van der Waals surface area contributed by atoms with Crippen molar-refractivity contribution in [2.75, 3.05) is 20.2 Å². The van der Waals surface area contributed by atoms with Gasteiger partial charge in [-0.15, -0.1) is 0 Å². The van der Waals surface area contributed by atoms with Crippen LogP contribution in [0, 0.1) is 0 Å². The average Bonchev–Trinajstić information content (AvgIpc) is 2.49. The molecule has 0 heterocycles. The summed E-state index contributed by atoms with van der Waals surface area (Å²) >= 11 is 0. The lowest BCUT2D eigenvalue weighted by atomic mass is 10.1. The van der Waals surface area contributed by atoms with Crippen LogP contribution in [0.15, 0.2) is 18.2 Å². The maximum Gasteiger partial charge on any atom is 0.260 e. The van der Waals surface area contributed by atoms with Crippen molar-refractivity contribution in [1.82, 2.24) is 10.6 Å². The number of hydrogen-bond donors (Lipinski definition) is 2. The lowest BCUT2D eigenvalue weighted by Gasteiger charge is -2.19. The average molecular weight is 294 g/mol. The summed E-state index contributed by atoms with van der Waals surface area (Å²) in [5.74, 6) is 1.15. The molecule has 5 heteroatoms. The zero-order valence-electron chi connectivity index (χ0n) is 13.4. The molecule has 1 atom stereocenters. The van der Waals surface area contributed by atoms with Gasteiger partial charge in [0.05, 0.1) is 6.61 Å². The van der Waals surface area contributed by atoms with Crippen molar-refractivity contribution in [2.45, 2.75) is 39.8 Å². The van der Waals surface area contributed by atoms with Crippen molar-refractivity contribution in [2.24, 2.45) is 0 Å². The number of rotatable bonds is 9. The van der Waals surface area contributed by atoms with E-state index >= 15 is 0 Å². The van der Waals surface area contributed by atoms with Gasteiger partial charge in [0.2, 0.25) is 0 Å². The van der Waals surface area contributed by atoms with Crippen LogP contribution in [0.2, 0.25) is 0 Å². The molecule has 1 unspecified atom stereocenters. The monoisotopic (exact) mass is 294 g/mol. The molecule has 1 amide bonds. The molecule has 0 bridgehead atoms. The van der Waals surface area contributed by atoms with Crippen LogP contribution < -0.4 is 20.1 Å². The predicted octanol–water partition coefficient (Wildman–Crippen LogP) is 2.10. The van der Waals surface area contributed by atoms with Gasteiger partial charge in [0, 0.05) is 19.2 Å². The second kappa shape index (κ2) is 9.23. The number of carbonyl (C=O) groups excluding carboxylic acids is 1. The zero-order valence-corrected chi connectivity index (χ0v) is 13.4. The third-order valence-corrected chi connectivity index (χ3v) is 3.01. The lowest BCUT2D eigenvalue weighted by Crippen LogP contribution is -2.34. The maximum absolute atomic E-state index is 11.7. The fourth-order valence-electron chi connectivity index (χ4n) is 1.94. The van der Waals surface area contributed by atoms with Gasteiger partial charge in [-0.2, -0.15) is 0 Å². The van der Waals surface area contributed by atoms with Crippen molar-refractivity contribution < 1.29 is 14.3 Å². The molecular formula is C16H26N2O3. The molecule has 1 rings (SSSR count). The summed E-state index contributed by atoms with van der Waals surface area (Å²) in [4.78, 5) is 11.7. The fraction of sp³-hybridized carbons (Fsp3) is 0.562. The normalized spacial score (nSPS) is 11.8. The van der Waals surface area contributed by atoms with Gasteiger partial charge < -0.3 is 20.1 Å². The minimum atomic E-state index is -0.568. The summed E-state index contributed by atoms with van der Waals surface area (Å²) in [5, 5.41) is 5.93. The van der Waals surface area contributed by atoms with E-state index in [-0.39, 0.29) is 5.91 Å². The number of para-hydroxylation sites is 1. The van der Waals surface area contributed by atoms with E-state index in [0.717, 1.165) is 18.5 Å². The van der Waals surface area contributed by atoms with Crippen molar-refractivity contribution >= 4 is 5.91 Å². The highest BCUT2D eigenvalue weighted by atomic mass is 16.5. The topological polar surface area (TPSA) is 59.6 Å². The molecule has 5 nitrogen and oxygen atoms in total. The van der Waals surface area contributed by atoms with Gasteiger partial charge in [-0.1, -0.05) is 19.1 Å². The molecule has 0 radical (unpaired) electrons. The first-order chi connectivity index (χ1) is 10.1. The highest BCUT2D eigenvalue weighted by molar-refractivity contribution is 5.80. The zero-order chi connectivity index (χ0) is 15.7.